The van der Waals surface area contributed by atoms with Crippen molar-refractivity contribution in [1.29, 1.82) is 0 Å². The number of fused-ring (bicyclic) bond motifs is 2. The molecule has 2 fully saturated rings. The standard InChI is InChI=1S/C13H17N3O/c17-13-11-5-15-6-12(13)9-16(8-11)7-10-2-1-3-14-4-10/h1-4,11-12,15H,5-9H2. The summed E-state index contributed by atoms with van der Waals surface area (Å²) in [6, 6.07) is 4.06. The first kappa shape index (κ1) is 10.9. The summed E-state index contributed by atoms with van der Waals surface area (Å²) in [5.74, 6) is 0.851. The maximum absolute atomic E-state index is 11.9. The third-order valence-corrected chi connectivity index (χ3v) is 3.67. The van der Waals surface area contributed by atoms with E-state index >= 15 is 0 Å². The highest BCUT2D eigenvalue weighted by Crippen LogP contribution is 2.22. The average Bonchev–Trinajstić information content (AvgIpc) is 2.32. The molecule has 2 saturated heterocycles. The molecule has 4 nitrogen and oxygen atoms in total. The highest BCUT2D eigenvalue weighted by Gasteiger charge is 2.37. The third kappa shape index (κ3) is 2.23. The quantitative estimate of drug-likeness (QED) is 0.795. The minimum Gasteiger partial charge on any atom is -0.315 e. The molecule has 0 aromatic carbocycles. The van der Waals surface area contributed by atoms with Gasteiger partial charge in [-0.3, -0.25) is 14.7 Å². The van der Waals surface area contributed by atoms with E-state index in [4.69, 9.17) is 0 Å². The number of nitrogens with zero attached hydrogens (tertiary/aromatic N) is 2. The van der Waals surface area contributed by atoms with E-state index in [0.717, 1.165) is 32.7 Å². The third-order valence-electron chi connectivity index (χ3n) is 3.67. The average molecular weight is 231 g/mol. The van der Waals surface area contributed by atoms with Crippen LogP contribution in [-0.4, -0.2) is 41.8 Å². The van der Waals surface area contributed by atoms with Gasteiger partial charge in [0.1, 0.15) is 5.78 Å². The number of piperidine rings is 2. The van der Waals surface area contributed by atoms with Crippen LogP contribution in [0.15, 0.2) is 24.5 Å². The highest BCUT2D eigenvalue weighted by atomic mass is 16.1. The minimum absolute atomic E-state index is 0.194. The second-order valence-electron chi connectivity index (χ2n) is 5.01. The molecule has 90 valence electrons. The molecule has 4 heteroatoms. The number of likely N-dealkylation sites (tertiary alicyclic amines) is 1. The number of carbonyl (C=O) groups is 1. The summed E-state index contributed by atoms with van der Waals surface area (Å²) in [5, 5.41) is 3.34. The number of nitrogens with one attached hydrogen (secondary N) is 1. The Morgan fingerprint density at radius 1 is 1.35 bits per heavy atom. The zero-order valence-corrected chi connectivity index (χ0v) is 9.80. The Kier molecular flexibility index (Phi) is 2.91. The van der Waals surface area contributed by atoms with Crippen molar-refractivity contribution in [1.82, 2.24) is 15.2 Å². The Morgan fingerprint density at radius 2 is 2.12 bits per heavy atom. The van der Waals surface area contributed by atoms with Crippen LogP contribution in [-0.2, 0) is 11.3 Å². The Bertz CT molecular complexity index is 390. The first-order valence-electron chi connectivity index (χ1n) is 6.18. The first-order chi connectivity index (χ1) is 8.33. The molecule has 2 bridgehead atoms. The molecule has 0 radical (unpaired) electrons. The Morgan fingerprint density at radius 3 is 2.76 bits per heavy atom. The number of hydrogen-bond donors (Lipinski definition) is 1. The van der Waals surface area contributed by atoms with Gasteiger partial charge in [-0.1, -0.05) is 6.07 Å². The molecular formula is C13H17N3O. The van der Waals surface area contributed by atoms with Crippen LogP contribution in [0, 0.1) is 11.8 Å². The summed E-state index contributed by atoms with van der Waals surface area (Å²) in [6.07, 6.45) is 3.70. The molecule has 1 aromatic heterocycles. The summed E-state index contributed by atoms with van der Waals surface area (Å²) in [7, 11) is 0. The number of aromatic nitrogens is 1. The number of Topliss-reactive ketones (excluding diaryl/α,β-unsaturated/α-hetero) is 1. The molecular weight excluding hydrogens is 214 g/mol. The van der Waals surface area contributed by atoms with E-state index in [1.165, 1.54) is 5.56 Å². The van der Waals surface area contributed by atoms with Gasteiger partial charge >= 0.3 is 0 Å². The summed E-state index contributed by atoms with van der Waals surface area (Å²) in [4.78, 5) is 18.4. The molecule has 17 heavy (non-hydrogen) atoms. The molecule has 2 aliphatic rings. The molecule has 3 heterocycles. The van der Waals surface area contributed by atoms with Crippen molar-refractivity contribution in [2.75, 3.05) is 26.2 Å². The predicted molar refractivity (Wildman–Crippen MR) is 64.4 cm³/mol. The Balaban J connectivity index is 1.68. The van der Waals surface area contributed by atoms with Gasteiger partial charge in [0.05, 0.1) is 0 Å². The van der Waals surface area contributed by atoms with Gasteiger partial charge < -0.3 is 5.32 Å². The Hall–Kier alpha value is -1.26. The van der Waals surface area contributed by atoms with Gasteiger partial charge in [0.2, 0.25) is 0 Å². The lowest BCUT2D eigenvalue weighted by Crippen LogP contribution is -2.56. The van der Waals surface area contributed by atoms with Crippen LogP contribution >= 0.6 is 0 Å². The van der Waals surface area contributed by atoms with Gasteiger partial charge in [-0.2, -0.15) is 0 Å². The summed E-state index contributed by atoms with van der Waals surface area (Å²) in [5.41, 5.74) is 1.23. The number of pyridine rings is 1. The maximum Gasteiger partial charge on any atom is 0.144 e. The fraction of sp³-hybridized carbons (Fsp3) is 0.538. The van der Waals surface area contributed by atoms with E-state index < -0.39 is 0 Å². The lowest BCUT2D eigenvalue weighted by molar-refractivity contribution is -0.133. The molecule has 0 saturated carbocycles. The lowest BCUT2D eigenvalue weighted by Gasteiger charge is -2.40. The summed E-state index contributed by atoms with van der Waals surface area (Å²) >= 11 is 0. The van der Waals surface area contributed by atoms with Crippen molar-refractivity contribution in [3.8, 4) is 0 Å². The molecule has 3 rings (SSSR count). The number of hydrogen-bond acceptors (Lipinski definition) is 4. The molecule has 1 N–H and O–H groups in total. The smallest absolute Gasteiger partial charge is 0.144 e. The van der Waals surface area contributed by atoms with Crippen molar-refractivity contribution in [3.05, 3.63) is 30.1 Å². The van der Waals surface area contributed by atoms with E-state index in [9.17, 15) is 4.79 Å². The van der Waals surface area contributed by atoms with Crippen LogP contribution in [0.2, 0.25) is 0 Å². The monoisotopic (exact) mass is 231 g/mol. The Labute approximate surface area is 101 Å². The van der Waals surface area contributed by atoms with E-state index in [1.54, 1.807) is 6.20 Å². The van der Waals surface area contributed by atoms with Crippen molar-refractivity contribution in [3.63, 3.8) is 0 Å². The van der Waals surface area contributed by atoms with Gasteiger partial charge in [-0.05, 0) is 11.6 Å². The SMILES string of the molecule is O=C1C2CNCC1CN(Cc1cccnc1)C2. The topological polar surface area (TPSA) is 45.2 Å². The summed E-state index contributed by atoms with van der Waals surface area (Å²) in [6.45, 7) is 4.38. The number of ketones is 1. The molecule has 1 aromatic rings. The number of rotatable bonds is 2. The van der Waals surface area contributed by atoms with Gasteiger partial charge in [0, 0.05) is 57.0 Å². The van der Waals surface area contributed by atoms with Crippen LogP contribution in [0.1, 0.15) is 5.56 Å². The summed E-state index contributed by atoms with van der Waals surface area (Å²) < 4.78 is 0. The molecule has 0 spiro atoms. The van der Waals surface area contributed by atoms with E-state index in [2.05, 4.69) is 21.3 Å². The van der Waals surface area contributed by atoms with Crippen molar-refractivity contribution in [2.24, 2.45) is 11.8 Å². The largest absolute Gasteiger partial charge is 0.315 e. The number of carbonyl (C=O) groups excluding carboxylic acids is 1. The van der Waals surface area contributed by atoms with Crippen molar-refractivity contribution in [2.45, 2.75) is 6.54 Å². The van der Waals surface area contributed by atoms with Crippen LogP contribution < -0.4 is 5.32 Å². The van der Waals surface area contributed by atoms with E-state index in [-0.39, 0.29) is 11.8 Å². The second kappa shape index (κ2) is 4.55. The van der Waals surface area contributed by atoms with Gasteiger partial charge in [-0.25, -0.2) is 0 Å². The van der Waals surface area contributed by atoms with Crippen LogP contribution in [0.5, 0.6) is 0 Å². The van der Waals surface area contributed by atoms with Crippen molar-refractivity contribution < 1.29 is 4.79 Å². The van der Waals surface area contributed by atoms with Crippen LogP contribution in [0.3, 0.4) is 0 Å². The predicted octanol–water partition coefficient (Wildman–Crippen LogP) is 0.302. The van der Waals surface area contributed by atoms with Gasteiger partial charge in [0.15, 0.2) is 0 Å². The fourth-order valence-electron chi connectivity index (χ4n) is 2.85. The minimum atomic E-state index is 0.194. The van der Waals surface area contributed by atoms with Gasteiger partial charge in [0.25, 0.3) is 0 Å². The van der Waals surface area contributed by atoms with Crippen LogP contribution in [0.25, 0.3) is 0 Å². The van der Waals surface area contributed by atoms with E-state index in [0.29, 0.717) is 5.78 Å². The first-order valence-corrected chi connectivity index (χ1v) is 6.18. The molecule has 2 unspecified atom stereocenters. The second-order valence-corrected chi connectivity index (χ2v) is 5.01. The van der Waals surface area contributed by atoms with E-state index in [1.807, 2.05) is 12.3 Å². The highest BCUT2D eigenvalue weighted by molar-refractivity contribution is 5.85. The van der Waals surface area contributed by atoms with Crippen molar-refractivity contribution >= 4 is 5.78 Å². The molecule has 2 atom stereocenters. The zero-order chi connectivity index (χ0) is 11.7. The maximum atomic E-state index is 11.9. The normalized spacial score (nSPS) is 29.3. The zero-order valence-electron chi connectivity index (χ0n) is 9.80. The molecule has 0 amide bonds. The van der Waals surface area contributed by atoms with Crippen LogP contribution in [0.4, 0.5) is 0 Å². The lowest BCUT2D eigenvalue weighted by atomic mass is 9.84. The fourth-order valence-corrected chi connectivity index (χ4v) is 2.85. The molecule has 0 aliphatic carbocycles. The molecule has 2 aliphatic heterocycles. The van der Waals surface area contributed by atoms with Gasteiger partial charge in [-0.15, -0.1) is 0 Å².